The molecular weight excluding hydrogens is 1120 g/mol. The normalized spacial score (nSPS) is 47.1. The zero-order valence-corrected chi connectivity index (χ0v) is 51.4. The van der Waals surface area contributed by atoms with Gasteiger partial charge in [-0.3, -0.25) is 0 Å². The van der Waals surface area contributed by atoms with Crippen LogP contribution in [0.25, 0.3) is 32.4 Å². The van der Waals surface area contributed by atoms with Gasteiger partial charge in [0.05, 0.1) is 35.4 Å². The summed E-state index contributed by atoms with van der Waals surface area (Å²) < 4.78 is 28.0. The number of aliphatic hydroxyl groups is 5. The standard InChI is InChI=1S/C71H86N2O11S2/c1-72-54-35-86-85-34-49-44-12-9-41-26-42-16-20-67(69(42,56(41)44)50-13-11-43(75)28-46(49)50)59(76)48(54)29-47-51-31-68(65(17-5-6-18-65)23-24-66(68)22-21-64(36-66)19-15-37(30-64)33-81-2)63(78)71(80)70(51,79)61(83-60(47)67)58(84-71)62(77)82-57-53(32-74)73-52-14-10-40-25-38-7-3-4-8-39(38)27-45(40)55(52)57/h3-4,7-8,10-11,13-14,25,27-28,37,41-42,44,47-49,51,54,56,58-61,63,72-76,78-80H,5-6,9,12,15-24,26,29-36H2,1-2H3. The highest BCUT2D eigenvalue weighted by Gasteiger charge is 2.90. The van der Waals surface area contributed by atoms with Crippen molar-refractivity contribution < 1.29 is 54.4 Å². The summed E-state index contributed by atoms with van der Waals surface area (Å²) >= 11 is 0. The Morgan fingerprint density at radius 1 is 0.814 bits per heavy atom. The zero-order valence-electron chi connectivity index (χ0n) is 49.8. The molecule has 4 bridgehead atoms. The Morgan fingerprint density at radius 2 is 1.62 bits per heavy atom. The van der Waals surface area contributed by atoms with E-state index < -0.39 is 82.6 Å². The number of hydrogen-bond donors (Lipinski definition) is 8. The molecule has 22 atom stereocenters. The topological polar surface area (TPSA) is 203 Å². The maximum absolute atomic E-state index is 16.3. The number of ether oxygens (including phenoxy) is 4. The predicted molar refractivity (Wildman–Crippen MR) is 330 cm³/mol. The number of H-pyrrole nitrogens is 1. The third kappa shape index (κ3) is 6.57. The van der Waals surface area contributed by atoms with Crippen molar-refractivity contribution in [2.75, 3.05) is 32.3 Å². The van der Waals surface area contributed by atoms with E-state index in [1.54, 1.807) is 0 Å². The highest BCUT2D eigenvalue weighted by molar-refractivity contribution is 8.76. The van der Waals surface area contributed by atoms with Crippen LogP contribution in [0.3, 0.4) is 0 Å². The van der Waals surface area contributed by atoms with Gasteiger partial charge in [-0.1, -0.05) is 70.8 Å². The summed E-state index contributed by atoms with van der Waals surface area (Å²) in [5.74, 6) is -0.864. The van der Waals surface area contributed by atoms with E-state index >= 15 is 4.79 Å². The molecule has 0 radical (unpaired) electrons. The maximum Gasteiger partial charge on any atom is 0.343 e. The summed E-state index contributed by atoms with van der Waals surface area (Å²) in [7, 11) is 7.67. The van der Waals surface area contributed by atoms with Crippen LogP contribution in [0.2, 0.25) is 0 Å². The number of esters is 1. The largest absolute Gasteiger partial charge is 0.508 e. The molecule has 10 aliphatic carbocycles. The van der Waals surface area contributed by atoms with Crippen molar-refractivity contribution in [1.82, 2.24) is 10.3 Å². The molecule has 4 aromatic carbocycles. The number of phenols is 1. The van der Waals surface area contributed by atoms with Crippen LogP contribution in [-0.2, 0) is 31.0 Å². The van der Waals surface area contributed by atoms with E-state index in [4.69, 9.17) is 18.9 Å². The molecule has 458 valence electrons. The van der Waals surface area contributed by atoms with Gasteiger partial charge in [0.25, 0.3) is 0 Å². The Kier molecular flexibility index (Phi) is 12.1. The maximum atomic E-state index is 16.3. The lowest BCUT2D eigenvalue weighted by Gasteiger charge is -2.72. The molecule has 9 saturated carbocycles. The van der Waals surface area contributed by atoms with E-state index in [0.717, 1.165) is 142 Å². The van der Waals surface area contributed by atoms with Gasteiger partial charge in [0.15, 0.2) is 17.5 Å². The fraction of sp³-hybridized carbons (Fsp3) is 0.676. The predicted octanol–water partition coefficient (Wildman–Crippen LogP) is 10.9. The lowest BCUT2D eigenvalue weighted by molar-refractivity contribution is -0.409. The number of nitrogens with one attached hydrogen (secondary N) is 2. The molecule has 12 fully saturated rings. The van der Waals surface area contributed by atoms with Crippen molar-refractivity contribution in [3.63, 3.8) is 0 Å². The Balaban J connectivity index is 0.860. The van der Waals surface area contributed by atoms with Crippen LogP contribution in [0.5, 0.6) is 11.5 Å². The van der Waals surface area contributed by atoms with Gasteiger partial charge in [-0.15, -0.1) is 0 Å². The molecule has 5 heterocycles. The van der Waals surface area contributed by atoms with Crippen molar-refractivity contribution in [2.45, 2.75) is 188 Å². The Bertz CT molecular complexity index is 3630. The highest BCUT2D eigenvalue weighted by Crippen LogP contribution is 2.86. The Morgan fingerprint density at radius 3 is 2.43 bits per heavy atom. The summed E-state index contributed by atoms with van der Waals surface area (Å²) in [6.45, 7) is 0.272. The minimum absolute atomic E-state index is 0.0700. The first-order valence-corrected chi connectivity index (χ1v) is 35.8. The molecule has 15 heteroatoms. The number of aromatic nitrogens is 1. The minimum atomic E-state index is -2.67. The highest BCUT2D eigenvalue weighted by atomic mass is 33.1. The third-order valence-corrected chi connectivity index (χ3v) is 31.2. The van der Waals surface area contributed by atoms with Crippen molar-refractivity contribution in [2.24, 2.45) is 74.4 Å². The molecule has 8 N–H and O–H groups in total. The molecular formula is C71H86N2O11S2. The SMILES string of the molecule is CNC1CSSCC2c3cc(O)ccc3C34C(CCC35C(O)C1CC1C3CC6(C(O)C7(O)OC(C(=O)Oc8c(CO)[nH]c9ccc%10cc%11ccccc%11cc%10c89)C(OC15)C37O)C1(CCCC1)CCC61CCC3(CCC(COC)C3)C1)CC1CCC2C14. The number of aromatic amines is 1. The van der Waals surface area contributed by atoms with Gasteiger partial charge in [0.2, 0.25) is 5.79 Å². The Hall–Kier alpha value is -3.45. The van der Waals surface area contributed by atoms with E-state index in [1.165, 1.54) is 11.1 Å². The van der Waals surface area contributed by atoms with Gasteiger partial charge in [-0.25, -0.2) is 4.79 Å². The number of hydrogen-bond acceptors (Lipinski definition) is 14. The fourth-order valence-corrected chi connectivity index (χ4v) is 29.0. The number of carbonyl (C=O) groups is 1. The van der Waals surface area contributed by atoms with E-state index in [0.29, 0.717) is 53.6 Å². The smallest absolute Gasteiger partial charge is 0.343 e. The number of carbonyl (C=O) groups excluding carboxylic acids is 1. The third-order valence-electron chi connectivity index (χ3n) is 28.7. The molecule has 0 amide bonds. The summed E-state index contributed by atoms with van der Waals surface area (Å²) in [4.78, 5) is 19.6. The number of methoxy groups -OCH3 is 1. The van der Waals surface area contributed by atoms with E-state index in [-0.39, 0.29) is 57.5 Å². The first kappa shape index (κ1) is 55.4. The van der Waals surface area contributed by atoms with E-state index in [2.05, 4.69) is 46.7 Å². The lowest BCUT2D eigenvalue weighted by atomic mass is 9.37. The fourth-order valence-electron chi connectivity index (χ4n) is 26.2. The van der Waals surface area contributed by atoms with Crippen LogP contribution < -0.4 is 10.1 Å². The number of benzene rings is 4. The number of aliphatic hydroxyl groups excluding tert-OH is 3. The average molecular weight is 1210 g/mol. The molecule has 3 saturated heterocycles. The van der Waals surface area contributed by atoms with Gasteiger partial charge < -0.3 is 59.9 Å². The van der Waals surface area contributed by atoms with Gasteiger partial charge in [0, 0.05) is 59.3 Å². The monoisotopic (exact) mass is 1210 g/mol. The summed E-state index contributed by atoms with van der Waals surface area (Å²) in [5.41, 5.74) is -1.91. The summed E-state index contributed by atoms with van der Waals surface area (Å²) in [6, 6.07) is 22.4. The van der Waals surface area contributed by atoms with Gasteiger partial charge >= 0.3 is 5.97 Å². The zero-order chi connectivity index (χ0) is 58.3. The van der Waals surface area contributed by atoms with Gasteiger partial charge in [0.1, 0.15) is 18.0 Å². The molecule has 19 rings (SSSR count). The van der Waals surface area contributed by atoms with Crippen molar-refractivity contribution >= 4 is 60.0 Å². The number of phenolic OH excluding ortho intramolecular Hbond substituents is 1. The van der Waals surface area contributed by atoms with Crippen molar-refractivity contribution in [1.29, 1.82) is 0 Å². The first-order valence-electron chi connectivity index (χ1n) is 33.3. The second kappa shape index (κ2) is 18.8. The van der Waals surface area contributed by atoms with Crippen LogP contribution in [-0.4, -0.2) is 122 Å². The van der Waals surface area contributed by atoms with Crippen LogP contribution in [0.4, 0.5) is 0 Å². The summed E-state index contributed by atoms with van der Waals surface area (Å²) in [5, 5.41) is 89.5. The molecule has 22 unspecified atom stereocenters. The number of rotatable bonds is 6. The van der Waals surface area contributed by atoms with Crippen LogP contribution in [0.15, 0.2) is 66.7 Å². The van der Waals surface area contributed by atoms with Crippen molar-refractivity contribution in [3.05, 3.63) is 83.6 Å². The van der Waals surface area contributed by atoms with Gasteiger partial charge in [-0.05, 0) is 237 Å². The van der Waals surface area contributed by atoms with Crippen LogP contribution in [0.1, 0.15) is 145 Å². The number of aromatic hydroxyl groups is 1. The molecule has 14 aliphatic rings. The second-order valence-electron chi connectivity index (χ2n) is 30.9. The minimum Gasteiger partial charge on any atom is -0.508 e. The Labute approximate surface area is 511 Å². The van der Waals surface area contributed by atoms with E-state index in [9.17, 15) is 30.6 Å². The molecule has 4 aliphatic heterocycles. The molecule has 13 nitrogen and oxygen atoms in total. The summed E-state index contributed by atoms with van der Waals surface area (Å²) in [6.07, 6.45) is 11.4. The second-order valence-corrected chi connectivity index (χ2v) is 33.5. The average Bonchev–Trinajstić information content (AvgIpc) is 1.41. The quantitative estimate of drug-likeness (QED) is 0.0453. The van der Waals surface area contributed by atoms with Crippen LogP contribution >= 0.6 is 21.6 Å². The van der Waals surface area contributed by atoms with Crippen LogP contribution in [0, 0.1) is 74.4 Å². The molecule has 86 heavy (non-hydrogen) atoms. The molecule has 1 aromatic heterocycles. The molecule has 6 spiro atoms. The lowest BCUT2D eigenvalue weighted by Crippen LogP contribution is -2.82. The van der Waals surface area contributed by atoms with Crippen molar-refractivity contribution in [3.8, 4) is 11.5 Å². The first-order chi connectivity index (χ1) is 41.7. The number of fused-ring (bicyclic) bond motifs is 12. The van der Waals surface area contributed by atoms with E-state index in [1.807, 2.05) is 66.1 Å². The van der Waals surface area contributed by atoms with Gasteiger partial charge in [-0.2, -0.15) is 0 Å². The molecule has 5 aromatic rings.